The molecule has 0 radical (unpaired) electrons. The van der Waals surface area contributed by atoms with Crippen LogP contribution in [0.15, 0.2) is 24.8 Å². The predicted octanol–water partition coefficient (Wildman–Crippen LogP) is 1.63. The fourth-order valence-electron chi connectivity index (χ4n) is 1.87. The van der Waals surface area contributed by atoms with E-state index in [1.54, 1.807) is 12.4 Å². The van der Waals surface area contributed by atoms with Gasteiger partial charge in [-0.05, 0) is 13.3 Å². The summed E-state index contributed by atoms with van der Waals surface area (Å²) in [5.41, 5.74) is 7.86. The molecule has 0 bridgehead atoms. The second-order valence-electron chi connectivity index (χ2n) is 4.43. The molecule has 5 nitrogen and oxygen atoms in total. The standard InChI is InChI=1S/C13H19N5/c1-3-5-18-6-4-15-13(18)7-11(14)12-9-16-10(2)8-17-12/h4,6,8-9,11H,3,5,7,14H2,1-2H3. The smallest absolute Gasteiger partial charge is 0.110 e. The molecule has 0 aromatic carbocycles. The maximum absolute atomic E-state index is 6.15. The van der Waals surface area contributed by atoms with Crippen LogP contribution in [0.25, 0.3) is 0 Å². The van der Waals surface area contributed by atoms with Crippen LogP contribution in [-0.4, -0.2) is 19.5 Å². The molecule has 96 valence electrons. The summed E-state index contributed by atoms with van der Waals surface area (Å²) < 4.78 is 2.14. The summed E-state index contributed by atoms with van der Waals surface area (Å²) in [5.74, 6) is 1.01. The highest BCUT2D eigenvalue weighted by atomic mass is 15.1. The van der Waals surface area contributed by atoms with Crippen molar-refractivity contribution in [2.24, 2.45) is 5.73 Å². The topological polar surface area (TPSA) is 69.6 Å². The Morgan fingerprint density at radius 1 is 1.28 bits per heavy atom. The van der Waals surface area contributed by atoms with Crippen molar-refractivity contribution in [3.8, 4) is 0 Å². The van der Waals surface area contributed by atoms with Crippen molar-refractivity contribution in [1.82, 2.24) is 19.5 Å². The van der Waals surface area contributed by atoms with Crippen LogP contribution < -0.4 is 5.73 Å². The second kappa shape index (κ2) is 5.73. The summed E-state index contributed by atoms with van der Waals surface area (Å²) in [4.78, 5) is 12.9. The monoisotopic (exact) mass is 245 g/mol. The van der Waals surface area contributed by atoms with Gasteiger partial charge in [0.1, 0.15) is 5.82 Å². The molecule has 0 aliphatic carbocycles. The number of nitrogens with zero attached hydrogens (tertiary/aromatic N) is 4. The van der Waals surface area contributed by atoms with Crippen LogP contribution in [0.4, 0.5) is 0 Å². The lowest BCUT2D eigenvalue weighted by molar-refractivity contribution is 0.590. The van der Waals surface area contributed by atoms with E-state index < -0.39 is 0 Å². The zero-order valence-corrected chi connectivity index (χ0v) is 10.9. The molecular weight excluding hydrogens is 226 g/mol. The summed E-state index contributed by atoms with van der Waals surface area (Å²) in [6.45, 7) is 5.03. The predicted molar refractivity (Wildman–Crippen MR) is 69.9 cm³/mol. The van der Waals surface area contributed by atoms with Crippen LogP contribution in [-0.2, 0) is 13.0 Å². The largest absolute Gasteiger partial charge is 0.335 e. The Balaban J connectivity index is 2.08. The molecule has 0 fully saturated rings. The van der Waals surface area contributed by atoms with Gasteiger partial charge in [0.05, 0.1) is 23.6 Å². The minimum absolute atomic E-state index is 0.156. The molecule has 2 aromatic rings. The summed E-state index contributed by atoms with van der Waals surface area (Å²) in [6.07, 6.45) is 9.07. The van der Waals surface area contributed by atoms with Gasteiger partial charge in [-0.3, -0.25) is 9.97 Å². The van der Waals surface area contributed by atoms with Crippen LogP contribution in [0.2, 0.25) is 0 Å². The first-order valence-electron chi connectivity index (χ1n) is 6.25. The first-order chi connectivity index (χ1) is 8.70. The number of aryl methyl sites for hydroxylation is 2. The average Bonchev–Trinajstić information content (AvgIpc) is 2.78. The van der Waals surface area contributed by atoms with Crippen LogP contribution in [0.5, 0.6) is 0 Å². The molecule has 1 unspecified atom stereocenters. The fraction of sp³-hybridized carbons (Fsp3) is 0.462. The SMILES string of the molecule is CCCn1ccnc1CC(N)c1cnc(C)cn1. The van der Waals surface area contributed by atoms with E-state index in [1.165, 1.54) is 0 Å². The summed E-state index contributed by atoms with van der Waals surface area (Å²) in [6, 6.07) is -0.156. The van der Waals surface area contributed by atoms with Crippen molar-refractivity contribution in [1.29, 1.82) is 0 Å². The van der Waals surface area contributed by atoms with Gasteiger partial charge in [0, 0.05) is 31.6 Å². The van der Waals surface area contributed by atoms with Gasteiger partial charge in [-0.15, -0.1) is 0 Å². The molecule has 2 heterocycles. The molecule has 0 saturated carbocycles. The Hall–Kier alpha value is -1.75. The first-order valence-corrected chi connectivity index (χ1v) is 6.25. The van der Waals surface area contributed by atoms with Crippen molar-refractivity contribution < 1.29 is 0 Å². The highest BCUT2D eigenvalue weighted by molar-refractivity contribution is 5.08. The molecule has 18 heavy (non-hydrogen) atoms. The van der Waals surface area contributed by atoms with Gasteiger partial charge in [-0.25, -0.2) is 4.98 Å². The lowest BCUT2D eigenvalue weighted by Gasteiger charge is -2.12. The highest BCUT2D eigenvalue weighted by Gasteiger charge is 2.12. The van der Waals surface area contributed by atoms with Gasteiger partial charge in [0.15, 0.2) is 0 Å². The Morgan fingerprint density at radius 2 is 2.11 bits per heavy atom. The fourth-order valence-corrected chi connectivity index (χ4v) is 1.87. The third-order valence-corrected chi connectivity index (χ3v) is 2.85. The quantitative estimate of drug-likeness (QED) is 0.869. The maximum Gasteiger partial charge on any atom is 0.110 e. The van der Waals surface area contributed by atoms with E-state index in [1.807, 2.05) is 19.3 Å². The van der Waals surface area contributed by atoms with Crippen LogP contribution in [0.3, 0.4) is 0 Å². The molecule has 5 heteroatoms. The minimum atomic E-state index is -0.156. The molecule has 0 spiro atoms. The van der Waals surface area contributed by atoms with Crippen molar-refractivity contribution in [3.63, 3.8) is 0 Å². The summed E-state index contributed by atoms with van der Waals surface area (Å²) >= 11 is 0. The summed E-state index contributed by atoms with van der Waals surface area (Å²) in [5, 5.41) is 0. The molecule has 0 aliphatic heterocycles. The molecular formula is C13H19N5. The van der Waals surface area contributed by atoms with Crippen LogP contribution >= 0.6 is 0 Å². The molecule has 1 atom stereocenters. The van der Waals surface area contributed by atoms with E-state index >= 15 is 0 Å². The number of hydrogen-bond acceptors (Lipinski definition) is 4. The van der Waals surface area contributed by atoms with Crippen molar-refractivity contribution in [2.75, 3.05) is 0 Å². The van der Waals surface area contributed by atoms with E-state index in [0.717, 1.165) is 30.2 Å². The molecule has 2 N–H and O–H groups in total. The lowest BCUT2D eigenvalue weighted by atomic mass is 10.1. The molecule has 0 amide bonds. The third-order valence-electron chi connectivity index (χ3n) is 2.85. The normalized spacial score (nSPS) is 12.6. The Bertz CT molecular complexity index is 488. The maximum atomic E-state index is 6.15. The molecule has 2 rings (SSSR count). The number of rotatable bonds is 5. The lowest BCUT2D eigenvalue weighted by Crippen LogP contribution is -2.18. The van der Waals surface area contributed by atoms with E-state index in [9.17, 15) is 0 Å². The van der Waals surface area contributed by atoms with Crippen molar-refractivity contribution >= 4 is 0 Å². The number of nitrogens with two attached hydrogens (primary N) is 1. The van der Waals surface area contributed by atoms with Gasteiger partial charge in [-0.1, -0.05) is 6.92 Å². The number of imidazole rings is 1. The molecule has 0 saturated heterocycles. The summed E-state index contributed by atoms with van der Waals surface area (Å²) in [7, 11) is 0. The second-order valence-corrected chi connectivity index (χ2v) is 4.43. The Kier molecular flexibility index (Phi) is 4.04. The highest BCUT2D eigenvalue weighted by Crippen LogP contribution is 2.12. The average molecular weight is 245 g/mol. The van der Waals surface area contributed by atoms with Gasteiger partial charge < -0.3 is 10.3 Å². The number of hydrogen-bond donors (Lipinski definition) is 1. The van der Waals surface area contributed by atoms with E-state index in [0.29, 0.717) is 6.42 Å². The van der Waals surface area contributed by atoms with Gasteiger partial charge in [0.25, 0.3) is 0 Å². The Labute approximate surface area is 107 Å². The molecule has 0 aliphatic rings. The van der Waals surface area contributed by atoms with Crippen molar-refractivity contribution in [2.45, 2.75) is 39.3 Å². The van der Waals surface area contributed by atoms with Crippen LogP contribution in [0, 0.1) is 6.92 Å². The number of aromatic nitrogens is 4. The Morgan fingerprint density at radius 3 is 2.78 bits per heavy atom. The zero-order valence-electron chi connectivity index (χ0n) is 10.9. The van der Waals surface area contributed by atoms with E-state index in [-0.39, 0.29) is 6.04 Å². The zero-order chi connectivity index (χ0) is 13.0. The van der Waals surface area contributed by atoms with Crippen molar-refractivity contribution in [3.05, 3.63) is 42.0 Å². The third kappa shape index (κ3) is 2.92. The van der Waals surface area contributed by atoms with E-state index in [2.05, 4.69) is 26.4 Å². The van der Waals surface area contributed by atoms with Gasteiger partial charge >= 0.3 is 0 Å². The van der Waals surface area contributed by atoms with Gasteiger partial charge in [0.2, 0.25) is 0 Å². The first kappa shape index (κ1) is 12.7. The van der Waals surface area contributed by atoms with Crippen LogP contribution in [0.1, 0.15) is 36.6 Å². The minimum Gasteiger partial charge on any atom is -0.335 e. The molecule has 2 aromatic heterocycles. The van der Waals surface area contributed by atoms with Gasteiger partial charge in [-0.2, -0.15) is 0 Å². The van der Waals surface area contributed by atoms with E-state index in [4.69, 9.17) is 5.73 Å².